The fourth-order valence-electron chi connectivity index (χ4n) is 2.71. The molecule has 0 saturated carbocycles. The summed E-state index contributed by atoms with van der Waals surface area (Å²) in [4.78, 5) is 35.4. The summed E-state index contributed by atoms with van der Waals surface area (Å²) in [5.74, 6) is -0.637. The van der Waals surface area contributed by atoms with Crippen LogP contribution in [0.3, 0.4) is 0 Å². The van der Waals surface area contributed by atoms with Gasteiger partial charge in [-0.15, -0.1) is 0 Å². The van der Waals surface area contributed by atoms with E-state index in [1.54, 1.807) is 42.5 Å². The molecule has 0 bridgehead atoms. The molecule has 7 nitrogen and oxygen atoms in total. The zero-order valence-corrected chi connectivity index (χ0v) is 14.9. The molecule has 1 unspecified atom stereocenters. The van der Waals surface area contributed by atoms with Crippen LogP contribution in [0.5, 0.6) is 5.75 Å². The maximum absolute atomic E-state index is 12.4. The van der Waals surface area contributed by atoms with Crippen LogP contribution in [-0.2, 0) is 14.3 Å². The van der Waals surface area contributed by atoms with Crippen molar-refractivity contribution in [3.05, 3.63) is 54.1 Å². The van der Waals surface area contributed by atoms with Gasteiger partial charge in [0, 0.05) is 30.5 Å². The Labute approximate surface area is 156 Å². The molecule has 1 aliphatic rings. The van der Waals surface area contributed by atoms with E-state index in [9.17, 15) is 14.4 Å². The van der Waals surface area contributed by atoms with Crippen molar-refractivity contribution in [1.29, 1.82) is 0 Å². The summed E-state index contributed by atoms with van der Waals surface area (Å²) >= 11 is 0. The number of hydrogen-bond acceptors (Lipinski definition) is 5. The molecule has 7 heteroatoms. The zero-order valence-electron chi connectivity index (χ0n) is 14.9. The molecule has 27 heavy (non-hydrogen) atoms. The van der Waals surface area contributed by atoms with Crippen molar-refractivity contribution in [2.24, 2.45) is 0 Å². The van der Waals surface area contributed by atoms with E-state index >= 15 is 0 Å². The summed E-state index contributed by atoms with van der Waals surface area (Å²) < 4.78 is 10.3. The molecule has 2 aromatic rings. The van der Waals surface area contributed by atoms with Crippen LogP contribution in [0, 0.1) is 0 Å². The molecule has 1 heterocycles. The lowest BCUT2D eigenvalue weighted by molar-refractivity contribution is -0.131. The SMILES string of the molecule is CC(=O)Oc1cccc(C(=O)Nc2ccc(NC(=O)C3CCCO3)cc2)c1. The van der Waals surface area contributed by atoms with Gasteiger partial charge in [0.15, 0.2) is 0 Å². The van der Waals surface area contributed by atoms with Crippen molar-refractivity contribution >= 4 is 29.2 Å². The molecule has 2 amide bonds. The number of amides is 2. The van der Waals surface area contributed by atoms with Crippen LogP contribution in [-0.4, -0.2) is 30.5 Å². The first-order chi connectivity index (χ1) is 13.0. The average Bonchev–Trinajstić information content (AvgIpc) is 3.18. The third-order valence-corrected chi connectivity index (χ3v) is 3.99. The van der Waals surface area contributed by atoms with Crippen LogP contribution in [0.4, 0.5) is 11.4 Å². The molecule has 0 spiro atoms. The van der Waals surface area contributed by atoms with E-state index < -0.39 is 12.1 Å². The van der Waals surface area contributed by atoms with Gasteiger partial charge in [-0.3, -0.25) is 14.4 Å². The van der Waals surface area contributed by atoms with E-state index in [4.69, 9.17) is 9.47 Å². The van der Waals surface area contributed by atoms with Crippen molar-refractivity contribution < 1.29 is 23.9 Å². The number of carbonyl (C=O) groups excluding carboxylic acids is 3. The summed E-state index contributed by atoms with van der Waals surface area (Å²) in [6, 6.07) is 13.2. The molecule has 1 aliphatic heterocycles. The number of anilines is 2. The van der Waals surface area contributed by atoms with E-state index in [0.29, 0.717) is 29.3 Å². The highest BCUT2D eigenvalue weighted by molar-refractivity contribution is 6.04. The van der Waals surface area contributed by atoms with Crippen LogP contribution < -0.4 is 15.4 Å². The van der Waals surface area contributed by atoms with E-state index in [1.165, 1.54) is 13.0 Å². The van der Waals surface area contributed by atoms with Crippen molar-refractivity contribution in [2.75, 3.05) is 17.2 Å². The Morgan fingerprint density at radius 2 is 1.74 bits per heavy atom. The molecule has 0 radical (unpaired) electrons. The van der Waals surface area contributed by atoms with Gasteiger partial charge in [0.25, 0.3) is 11.8 Å². The minimum atomic E-state index is -0.451. The van der Waals surface area contributed by atoms with Crippen LogP contribution in [0.2, 0.25) is 0 Å². The number of ether oxygens (including phenoxy) is 2. The third-order valence-electron chi connectivity index (χ3n) is 3.99. The van der Waals surface area contributed by atoms with Gasteiger partial charge in [-0.2, -0.15) is 0 Å². The number of nitrogens with one attached hydrogen (secondary N) is 2. The Balaban J connectivity index is 1.60. The molecule has 1 atom stereocenters. The molecule has 2 aromatic carbocycles. The van der Waals surface area contributed by atoms with E-state index in [2.05, 4.69) is 10.6 Å². The van der Waals surface area contributed by atoms with Crippen LogP contribution in [0.25, 0.3) is 0 Å². The first-order valence-corrected chi connectivity index (χ1v) is 8.63. The molecular formula is C20H20N2O5. The molecule has 2 N–H and O–H groups in total. The predicted octanol–water partition coefficient (Wildman–Crippen LogP) is 2.98. The van der Waals surface area contributed by atoms with Crippen LogP contribution >= 0.6 is 0 Å². The number of esters is 1. The standard InChI is InChI=1S/C20H20N2O5/c1-13(23)27-17-5-2-4-14(12-17)19(24)21-15-7-9-16(10-8-15)22-20(25)18-6-3-11-26-18/h2,4-5,7-10,12,18H,3,6,11H2,1H3,(H,21,24)(H,22,25). The average molecular weight is 368 g/mol. The summed E-state index contributed by atoms with van der Waals surface area (Å²) in [6.07, 6.45) is 1.22. The molecule has 140 valence electrons. The summed E-state index contributed by atoms with van der Waals surface area (Å²) in [7, 11) is 0. The fourth-order valence-corrected chi connectivity index (χ4v) is 2.71. The summed E-state index contributed by atoms with van der Waals surface area (Å²) in [6.45, 7) is 1.91. The predicted molar refractivity (Wildman–Crippen MR) is 99.7 cm³/mol. The van der Waals surface area contributed by atoms with Crippen LogP contribution in [0.15, 0.2) is 48.5 Å². The topological polar surface area (TPSA) is 93.7 Å². The second-order valence-corrected chi connectivity index (χ2v) is 6.14. The van der Waals surface area contributed by atoms with Crippen molar-refractivity contribution in [1.82, 2.24) is 0 Å². The number of benzene rings is 2. The molecule has 1 saturated heterocycles. The number of hydrogen-bond donors (Lipinski definition) is 2. The highest BCUT2D eigenvalue weighted by atomic mass is 16.5. The molecular weight excluding hydrogens is 348 g/mol. The van der Waals surface area contributed by atoms with Crippen molar-refractivity contribution in [3.8, 4) is 5.75 Å². The van der Waals surface area contributed by atoms with Gasteiger partial charge in [-0.25, -0.2) is 0 Å². The fraction of sp³-hybridized carbons (Fsp3) is 0.250. The second kappa shape index (κ2) is 8.46. The first kappa shape index (κ1) is 18.6. The van der Waals surface area contributed by atoms with Gasteiger partial charge >= 0.3 is 5.97 Å². The Bertz CT molecular complexity index is 842. The van der Waals surface area contributed by atoms with Gasteiger partial charge in [0.2, 0.25) is 0 Å². The molecule has 0 aromatic heterocycles. The Hall–Kier alpha value is -3.19. The molecule has 3 rings (SSSR count). The second-order valence-electron chi connectivity index (χ2n) is 6.14. The largest absolute Gasteiger partial charge is 0.427 e. The lowest BCUT2D eigenvalue weighted by atomic mass is 10.2. The summed E-state index contributed by atoms with van der Waals surface area (Å²) in [5, 5.41) is 5.55. The van der Waals surface area contributed by atoms with Gasteiger partial charge in [-0.05, 0) is 55.3 Å². The molecule has 1 fully saturated rings. The van der Waals surface area contributed by atoms with E-state index in [0.717, 1.165) is 12.8 Å². The Morgan fingerprint density at radius 3 is 2.37 bits per heavy atom. The third kappa shape index (κ3) is 5.15. The Kier molecular flexibility index (Phi) is 5.83. The van der Waals surface area contributed by atoms with Gasteiger partial charge in [0.1, 0.15) is 11.9 Å². The summed E-state index contributed by atoms with van der Waals surface area (Å²) in [5.41, 5.74) is 1.57. The first-order valence-electron chi connectivity index (χ1n) is 8.63. The minimum absolute atomic E-state index is 0.161. The Morgan fingerprint density at radius 1 is 1.04 bits per heavy atom. The quantitative estimate of drug-likeness (QED) is 0.625. The van der Waals surface area contributed by atoms with Crippen molar-refractivity contribution in [2.45, 2.75) is 25.9 Å². The maximum Gasteiger partial charge on any atom is 0.308 e. The smallest absolute Gasteiger partial charge is 0.308 e. The van der Waals surface area contributed by atoms with Gasteiger partial charge < -0.3 is 20.1 Å². The lowest BCUT2D eigenvalue weighted by Crippen LogP contribution is -2.26. The number of rotatable bonds is 5. The highest BCUT2D eigenvalue weighted by Crippen LogP contribution is 2.19. The van der Waals surface area contributed by atoms with Gasteiger partial charge in [0.05, 0.1) is 0 Å². The molecule has 0 aliphatic carbocycles. The minimum Gasteiger partial charge on any atom is -0.427 e. The highest BCUT2D eigenvalue weighted by Gasteiger charge is 2.23. The lowest BCUT2D eigenvalue weighted by Gasteiger charge is -2.11. The van der Waals surface area contributed by atoms with Crippen LogP contribution in [0.1, 0.15) is 30.1 Å². The van der Waals surface area contributed by atoms with E-state index in [1.807, 2.05) is 0 Å². The van der Waals surface area contributed by atoms with E-state index in [-0.39, 0.29) is 11.8 Å². The maximum atomic E-state index is 12.4. The number of carbonyl (C=O) groups is 3. The van der Waals surface area contributed by atoms with Gasteiger partial charge in [-0.1, -0.05) is 6.07 Å². The zero-order chi connectivity index (χ0) is 19.2. The monoisotopic (exact) mass is 368 g/mol. The van der Waals surface area contributed by atoms with Crippen molar-refractivity contribution in [3.63, 3.8) is 0 Å². The normalized spacial score (nSPS) is 15.8.